The van der Waals surface area contributed by atoms with Crippen LogP contribution in [0, 0.1) is 5.41 Å². The number of halogens is 1. The topological polar surface area (TPSA) is 62.3 Å². The number of rotatable bonds is 5. The summed E-state index contributed by atoms with van der Waals surface area (Å²) in [6, 6.07) is 3.93. The van der Waals surface area contributed by atoms with Gasteiger partial charge in [-0.2, -0.15) is 0 Å². The predicted molar refractivity (Wildman–Crippen MR) is 73.5 cm³/mol. The van der Waals surface area contributed by atoms with Crippen molar-refractivity contribution in [1.82, 2.24) is 4.90 Å². The first-order valence-corrected chi connectivity index (χ1v) is 6.39. The van der Waals surface area contributed by atoms with Gasteiger partial charge in [0.25, 0.3) is 0 Å². The van der Waals surface area contributed by atoms with Crippen LogP contribution in [-0.4, -0.2) is 30.9 Å². The Balaban J connectivity index is 2.07. The van der Waals surface area contributed by atoms with Gasteiger partial charge in [0, 0.05) is 36.5 Å². The summed E-state index contributed by atoms with van der Waals surface area (Å²) in [5.41, 5.74) is 7.66. The van der Waals surface area contributed by atoms with Crippen molar-refractivity contribution in [1.29, 1.82) is 5.41 Å². The van der Waals surface area contributed by atoms with Crippen molar-refractivity contribution < 1.29 is 4.74 Å². The fourth-order valence-electron chi connectivity index (χ4n) is 2.14. The molecule has 1 heterocycles. The molecule has 0 saturated carbocycles. The van der Waals surface area contributed by atoms with E-state index in [0.717, 1.165) is 42.5 Å². The molecule has 3 N–H and O–H groups in total. The predicted octanol–water partition coefficient (Wildman–Crippen LogP) is 2.03. The SMILES string of the molecule is CN(CCC(=N)N)Cc1cc(Cl)cc2c1OCC2. The molecule has 0 bridgehead atoms. The number of amidine groups is 1. The zero-order valence-electron chi connectivity index (χ0n) is 10.5. The molecule has 1 aromatic carbocycles. The zero-order chi connectivity index (χ0) is 13.1. The molecule has 1 aliphatic heterocycles. The van der Waals surface area contributed by atoms with Gasteiger partial charge in [-0.25, -0.2) is 0 Å². The van der Waals surface area contributed by atoms with Gasteiger partial charge in [0.1, 0.15) is 5.75 Å². The van der Waals surface area contributed by atoms with Crippen LogP contribution in [0.15, 0.2) is 12.1 Å². The van der Waals surface area contributed by atoms with Crippen LogP contribution < -0.4 is 10.5 Å². The quantitative estimate of drug-likeness (QED) is 0.634. The second-order valence-electron chi connectivity index (χ2n) is 4.66. The van der Waals surface area contributed by atoms with Crippen LogP contribution in [-0.2, 0) is 13.0 Å². The second kappa shape index (κ2) is 5.59. The summed E-state index contributed by atoms with van der Waals surface area (Å²) in [5, 5.41) is 7.99. The third-order valence-electron chi connectivity index (χ3n) is 3.03. The van der Waals surface area contributed by atoms with Gasteiger partial charge in [-0.1, -0.05) is 11.6 Å². The third-order valence-corrected chi connectivity index (χ3v) is 3.25. The summed E-state index contributed by atoms with van der Waals surface area (Å²) in [4.78, 5) is 2.12. The molecule has 0 amide bonds. The van der Waals surface area contributed by atoms with Crippen molar-refractivity contribution >= 4 is 17.4 Å². The van der Waals surface area contributed by atoms with Gasteiger partial charge in [0.05, 0.1) is 12.4 Å². The van der Waals surface area contributed by atoms with Crippen LogP contribution in [0.1, 0.15) is 17.5 Å². The van der Waals surface area contributed by atoms with E-state index in [0.29, 0.717) is 6.42 Å². The first-order chi connectivity index (χ1) is 8.56. The van der Waals surface area contributed by atoms with Crippen LogP contribution in [0.25, 0.3) is 0 Å². The Kier molecular flexibility index (Phi) is 4.09. The van der Waals surface area contributed by atoms with Gasteiger partial charge in [0.15, 0.2) is 0 Å². The number of fused-ring (bicyclic) bond motifs is 1. The molecule has 0 atom stereocenters. The van der Waals surface area contributed by atoms with Crippen LogP contribution in [0.3, 0.4) is 0 Å². The molecule has 0 radical (unpaired) electrons. The molecule has 0 aliphatic carbocycles. The minimum absolute atomic E-state index is 0.217. The lowest BCUT2D eigenvalue weighted by atomic mass is 10.1. The second-order valence-corrected chi connectivity index (χ2v) is 5.10. The molecule has 0 spiro atoms. The van der Waals surface area contributed by atoms with Crippen molar-refractivity contribution in [2.24, 2.45) is 5.73 Å². The Bertz CT molecular complexity index is 462. The number of benzene rings is 1. The average molecular weight is 268 g/mol. The third kappa shape index (κ3) is 3.15. The van der Waals surface area contributed by atoms with E-state index in [2.05, 4.69) is 4.90 Å². The number of nitrogens with zero attached hydrogens (tertiary/aromatic N) is 1. The fourth-order valence-corrected chi connectivity index (χ4v) is 2.41. The van der Waals surface area contributed by atoms with Crippen molar-refractivity contribution in [2.75, 3.05) is 20.2 Å². The first-order valence-electron chi connectivity index (χ1n) is 6.02. The van der Waals surface area contributed by atoms with Crippen molar-refractivity contribution in [3.05, 3.63) is 28.3 Å². The average Bonchev–Trinajstić information content (AvgIpc) is 2.74. The van der Waals surface area contributed by atoms with E-state index in [9.17, 15) is 0 Å². The van der Waals surface area contributed by atoms with Crippen LogP contribution in [0.5, 0.6) is 5.75 Å². The molecule has 0 saturated heterocycles. The van der Waals surface area contributed by atoms with Gasteiger partial charge in [-0.15, -0.1) is 0 Å². The normalized spacial score (nSPS) is 13.5. The highest BCUT2D eigenvalue weighted by Gasteiger charge is 2.18. The zero-order valence-corrected chi connectivity index (χ0v) is 11.3. The number of nitrogens with one attached hydrogen (secondary N) is 1. The maximum atomic E-state index is 7.23. The summed E-state index contributed by atoms with van der Waals surface area (Å²) in [6.07, 6.45) is 1.51. The van der Waals surface area contributed by atoms with Gasteiger partial charge < -0.3 is 15.4 Å². The summed E-state index contributed by atoms with van der Waals surface area (Å²) in [6.45, 7) is 2.26. The van der Waals surface area contributed by atoms with E-state index in [4.69, 9.17) is 27.5 Å². The Labute approximate surface area is 112 Å². The Morgan fingerprint density at radius 2 is 2.33 bits per heavy atom. The van der Waals surface area contributed by atoms with Gasteiger partial charge in [-0.05, 0) is 24.7 Å². The van der Waals surface area contributed by atoms with Crippen LogP contribution in [0.4, 0.5) is 0 Å². The molecule has 0 fully saturated rings. The van der Waals surface area contributed by atoms with E-state index in [1.807, 2.05) is 19.2 Å². The van der Waals surface area contributed by atoms with Crippen molar-refractivity contribution in [2.45, 2.75) is 19.4 Å². The van der Waals surface area contributed by atoms with E-state index in [1.54, 1.807) is 0 Å². The molecule has 5 heteroatoms. The van der Waals surface area contributed by atoms with E-state index < -0.39 is 0 Å². The number of hydrogen-bond donors (Lipinski definition) is 2. The molecule has 18 heavy (non-hydrogen) atoms. The van der Waals surface area contributed by atoms with E-state index >= 15 is 0 Å². The number of hydrogen-bond acceptors (Lipinski definition) is 3. The van der Waals surface area contributed by atoms with Crippen LogP contribution >= 0.6 is 11.6 Å². The molecular formula is C13H18ClN3O. The summed E-state index contributed by atoms with van der Waals surface area (Å²) in [5.74, 6) is 1.20. The first kappa shape index (κ1) is 13.2. The van der Waals surface area contributed by atoms with Crippen molar-refractivity contribution in [3.63, 3.8) is 0 Å². The lowest BCUT2D eigenvalue weighted by Gasteiger charge is -2.18. The minimum atomic E-state index is 0.217. The smallest absolute Gasteiger partial charge is 0.127 e. The lowest BCUT2D eigenvalue weighted by molar-refractivity contribution is 0.316. The molecule has 1 aromatic rings. The maximum Gasteiger partial charge on any atom is 0.127 e. The lowest BCUT2D eigenvalue weighted by Crippen LogP contribution is -2.24. The van der Waals surface area contributed by atoms with Gasteiger partial charge in [0.2, 0.25) is 0 Å². The Morgan fingerprint density at radius 3 is 3.06 bits per heavy atom. The molecular weight excluding hydrogens is 250 g/mol. The maximum absolute atomic E-state index is 7.23. The molecule has 0 unspecified atom stereocenters. The van der Waals surface area contributed by atoms with Crippen molar-refractivity contribution in [3.8, 4) is 5.75 Å². The highest BCUT2D eigenvalue weighted by atomic mass is 35.5. The summed E-state index contributed by atoms with van der Waals surface area (Å²) in [7, 11) is 2.01. The molecule has 1 aliphatic rings. The number of ether oxygens (including phenoxy) is 1. The summed E-state index contributed by atoms with van der Waals surface area (Å²) < 4.78 is 5.66. The van der Waals surface area contributed by atoms with Gasteiger partial charge in [-0.3, -0.25) is 5.41 Å². The van der Waals surface area contributed by atoms with E-state index in [1.165, 1.54) is 5.56 Å². The Hall–Kier alpha value is -1.26. The number of nitrogens with two attached hydrogens (primary N) is 1. The molecule has 4 nitrogen and oxygen atoms in total. The highest BCUT2D eigenvalue weighted by Crippen LogP contribution is 2.33. The van der Waals surface area contributed by atoms with E-state index in [-0.39, 0.29) is 5.84 Å². The molecule has 98 valence electrons. The van der Waals surface area contributed by atoms with Gasteiger partial charge >= 0.3 is 0 Å². The van der Waals surface area contributed by atoms with Crippen LogP contribution in [0.2, 0.25) is 5.02 Å². The monoisotopic (exact) mass is 267 g/mol. The summed E-state index contributed by atoms with van der Waals surface area (Å²) >= 11 is 6.11. The molecule has 2 rings (SSSR count). The fraction of sp³-hybridized carbons (Fsp3) is 0.462. The largest absolute Gasteiger partial charge is 0.493 e. The minimum Gasteiger partial charge on any atom is -0.493 e. The standard InChI is InChI=1S/C13H18ClN3O/c1-17(4-2-12(15)16)8-10-7-11(14)6-9-3-5-18-13(9)10/h6-7H,2-5,8H2,1H3,(H3,15,16). The molecule has 0 aromatic heterocycles. The highest BCUT2D eigenvalue weighted by molar-refractivity contribution is 6.30. The Morgan fingerprint density at radius 1 is 1.56 bits per heavy atom.